The zero-order chi connectivity index (χ0) is 43.8. The average molecular weight is 838 g/mol. The Hall–Kier alpha value is -2.70. The van der Waals surface area contributed by atoms with E-state index in [-0.39, 0.29) is 24.9 Å². The Balaban J connectivity index is 4.64. The van der Waals surface area contributed by atoms with E-state index in [1.807, 2.05) is 54.7 Å². The molecule has 1 amide bonds. The maximum Gasteiger partial charge on any atom is 0.306 e. The van der Waals surface area contributed by atoms with Gasteiger partial charge < -0.3 is 20.3 Å². The molecule has 3 unspecified atom stereocenters. The molecule has 0 aliphatic rings. The van der Waals surface area contributed by atoms with Crippen LogP contribution in [0.3, 0.4) is 0 Å². The highest BCUT2D eigenvalue weighted by Gasteiger charge is 2.23. The fraction of sp³-hybridized carbons (Fsp3) is 0.741. The lowest BCUT2D eigenvalue weighted by atomic mass is 10.0. The molecule has 0 aromatic heterocycles. The van der Waals surface area contributed by atoms with Crippen molar-refractivity contribution in [2.45, 2.75) is 251 Å². The average Bonchev–Trinajstić information content (AvgIpc) is 3.24. The fourth-order valence-corrected chi connectivity index (χ4v) is 7.33. The Morgan fingerprint density at radius 2 is 0.933 bits per heavy atom. The van der Waals surface area contributed by atoms with Crippen molar-refractivity contribution in [3.8, 4) is 0 Å². The van der Waals surface area contributed by atoms with Gasteiger partial charge in [-0.05, 0) is 44.9 Å². The third-order valence-electron chi connectivity index (χ3n) is 11.1. The molecular weight excluding hydrogens is 743 g/mol. The van der Waals surface area contributed by atoms with Crippen LogP contribution in [0.5, 0.6) is 0 Å². The number of ether oxygens (including phenoxy) is 1. The summed E-state index contributed by atoms with van der Waals surface area (Å²) in [5.41, 5.74) is 0. The SMILES string of the molecule is CC/C=C/C=C/C=C\C=C/C=C/CC(CC(=O)NC(CO)C(O)CCCCCCCCCCCCCCC)OC(=O)CCCCCCCCC/C=C/CCCCCCCC. The number of carbonyl (C=O) groups excluding carboxylic acids is 2. The lowest BCUT2D eigenvalue weighted by molar-refractivity contribution is -0.150. The molecule has 0 saturated carbocycles. The lowest BCUT2D eigenvalue weighted by Gasteiger charge is -2.24. The molecule has 6 heteroatoms. The number of aliphatic hydroxyl groups excluding tert-OH is 2. The molecule has 0 aromatic carbocycles. The first-order chi connectivity index (χ1) is 29.5. The van der Waals surface area contributed by atoms with Crippen LogP contribution in [0.1, 0.15) is 233 Å². The number of amides is 1. The van der Waals surface area contributed by atoms with E-state index >= 15 is 0 Å². The maximum absolute atomic E-state index is 13.1. The molecule has 60 heavy (non-hydrogen) atoms. The second-order valence-electron chi connectivity index (χ2n) is 17.0. The molecule has 3 N–H and O–H groups in total. The number of esters is 1. The number of nitrogens with one attached hydrogen (secondary N) is 1. The van der Waals surface area contributed by atoms with Crippen LogP contribution < -0.4 is 5.32 Å². The smallest absolute Gasteiger partial charge is 0.306 e. The van der Waals surface area contributed by atoms with Crippen LogP contribution in [0.2, 0.25) is 0 Å². The van der Waals surface area contributed by atoms with Gasteiger partial charge in [-0.2, -0.15) is 0 Å². The molecule has 0 spiro atoms. The lowest BCUT2D eigenvalue weighted by Crippen LogP contribution is -2.46. The predicted molar refractivity (Wildman–Crippen MR) is 259 cm³/mol. The molecule has 0 heterocycles. The van der Waals surface area contributed by atoms with Gasteiger partial charge in [0.25, 0.3) is 0 Å². The summed E-state index contributed by atoms with van der Waals surface area (Å²) in [6.45, 7) is 6.29. The number of aliphatic hydroxyl groups is 2. The van der Waals surface area contributed by atoms with Crippen molar-refractivity contribution in [1.82, 2.24) is 5.32 Å². The Morgan fingerprint density at radius 3 is 1.40 bits per heavy atom. The number of rotatable bonds is 44. The van der Waals surface area contributed by atoms with Crippen molar-refractivity contribution in [2.75, 3.05) is 6.61 Å². The molecule has 6 nitrogen and oxygen atoms in total. The highest BCUT2D eigenvalue weighted by Crippen LogP contribution is 2.16. The van der Waals surface area contributed by atoms with Gasteiger partial charge in [0.1, 0.15) is 6.10 Å². The predicted octanol–water partition coefficient (Wildman–Crippen LogP) is 15.0. The van der Waals surface area contributed by atoms with E-state index in [4.69, 9.17) is 4.74 Å². The van der Waals surface area contributed by atoms with Crippen molar-refractivity contribution < 1.29 is 24.5 Å². The summed E-state index contributed by atoms with van der Waals surface area (Å²) in [5.74, 6) is -0.613. The summed E-state index contributed by atoms with van der Waals surface area (Å²) in [6.07, 6.45) is 59.9. The van der Waals surface area contributed by atoms with Crippen molar-refractivity contribution >= 4 is 11.9 Å². The number of hydrogen-bond acceptors (Lipinski definition) is 5. The van der Waals surface area contributed by atoms with E-state index < -0.39 is 18.2 Å². The molecule has 0 bridgehead atoms. The number of carbonyl (C=O) groups is 2. The molecule has 0 radical (unpaired) electrons. The van der Waals surface area contributed by atoms with Crippen LogP contribution in [-0.2, 0) is 14.3 Å². The molecule has 0 aliphatic carbocycles. The molecule has 346 valence electrons. The Bertz CT molecular complexity index is 1120. The summed E-state index contributed by atoms with van der Waals surface area (Å²) in [6, 6.07) is -0.741. The van der Waals surface area contributed by atoms with Gasteiger partial charge in [-0.1, -0.05) is 241 Å². The number of unbranched alkanes of at least 4 members (excludes halogenated alkanes) is 25. The molecule has 3 atom stereocenters. The van der Waals surface area contributed by atoms with Gasteiger partial charge in [0, 0.05) is 12.8 Å². The minimum absolute atomic E-state index is 0.0219. The first-order valence-electron chi connectivity index (χ1n) is 25.2. The standard InChI is InChI=1S/C54H95NO5/c1-4-7-10-13-16-19-22-24-25-26-27-29-32-35-38-41-44-47-54(59)60-50(45-42-39-36-33-30-21-18-15-12-9-6-3)48-53(58)55-51(49-56)52(57)46-43-40-37-34-31-28-23-20-17-14-11-8-5-2/h9,12,15,18,21,24-25,30,33,36,39,42,50-52,56-57H,4-8,10-11,13-14,16-17,19-20,22-23,26-29,31-32,34-35,37-38,40-41,43-49H2,1-3H3,(H,55,58)/b12-9+,18-15+,25-24+,30-21-,36-33-,42-39+. The van der Waals surface area contributed by atoms with Crippen molar-refractivity contribution in [2.24, 2.45) is 0 Å². The Labute approximate surface area is 371 Å². The highest BCUT2D eigenvalue weighted by molar-refractivity contribution is 5.77. The fourth-order valence-electron chi connectivity index (χ4n) is 7.33. The van der Waals surface area contributed by atoms with Gasteiger partial charge in [-0.25, -0.2) is 0 Å². The largest absolute Gasteiger partial charge is 0.461 e. The van der Waals surface area contributed by atoms with Crippen LogP contribution in [-0.4, -0.2) is 46.9 Å². The van der Waals surface area contributed by atoms with Crippen LogP contribution in [0.4, 0.5) is 0 Å². The zero-order valence-corrected chi connectivity index (χ0v) is 39.3. The monoisotopic (exact) mass is 838 g/mol. The third kappa shape index (κ3) is 42.0. The Kier molecular flexibility index (Phi) is 45.2. The third-order valence-corrected chi connectivity index (χ3v) is 11.1. The van der Waals surface area contributed by atoms with E-state index in [1.54, 1.807) is 0 Å². The first kappa shape index (κ1) is 57.3. The second-order valence-corrected chi connectivity index (χ2v) is 17.0. The highest BCUT2D eigenvalue weighted by atomic mass is 16.5. The van der Waals surface area contributed by atoms with E-state index in [1.165, 1.54) is 141 Å². The topological polar surface area (TPSA) is 95.9 Å². The summed E-state index contributed by atoms with van der Waals surface area (Å²) < 4.78 is 5.83. The normalized spacial score (nSPS) is 13.9. The first-order valence-corrected chi connectivity index (χ1v) is 25.2. The van der Waals surface area contributed by atoms with E-state index in [2.05, 4.69) is 44.3 Å². The van der Waals surface area contributed by atoms with E-state index in [9.17, 15) is 19.8 Å². The summed E-state index contributed by atoms with van der Waals surface area (Å²) in [7, 11) is 0. The second kappa shape index (κ2) is 47.4. The summed E-state index contributed by atoms with van der Waals surface area (Å²) in [5, 5.41) is 23.7. The van der Waals surface area contributed by atoms with Crippen molar-refractivity contribution in [3.63, 3.8) is 0 Å². The summed E-state index contributed by atoms with van der Waals surface area (Å²) >= 11 is 0. The quantitative estimate of drug-likeness (QED) is 0.0246. The van der Waals surface area contributed by atoms with Gasteiger partial charge in [-0.15, -0.1) is 0 Å². The van der Waals surface area contributed by atoms with Crippen LogP contribution in [0, 0.1) is 0 Å². The Morgan fingerprint density at radius 1 is 0.517 bits per heavy atom. The number of allylic oxidation sites excluding steroid dienone is 11. The van der Waals surface area contributed by atoms with Gasteiger partial charge in [0.05, 0.1) is 25.2 Å². The van der Waals surface area contributed by atoms with Gasteiger partial charge in [-0.3, -0.25) is 9.59 Å². The number of hydrogen-bond donors (Lipinski definition) is 3. The van der Waals surface area contributed by atoms with Crippen LogP contribution in [0.15, 0.2) is 72.9 Å². The minimum Gasteiger partial charge on any atom is -0.461 e. The van der Waals surface area contributed by atoms with Gasteiger partial charge in [0.15, 0.2) is 0 Å². The minimum atomic E-state index is -0.820. The summed E-state index contributed by atoms with van der Waals surface area (Å²) in [4.78, 5) is 26.0. The molecule has 0 rings (SSSR count). The van der Waals surface area contributed by atoms with E-state index in [0.717, 1.165) is 44.9 Å². The van der Waals surface area contributed by atoms with Gasteiger partial charge >= 0.3 is 5.97 Å². The molecule has 0 saturated heterocycles. The van der Waals surface area contributed by atoms with Crippen LogP contribution in [0.25, 0.3) is 0 Å². The van der Waals surface area contributed by atoms with Crippen LogP contribution >= 0.6 is 0 Å². The molecule has 0 aliphatic heterocycles. The van der Waals surface area contributed by atoms with E-state index in [0.29, 0.717) is 19.3 Å². The van der Waals surface area contributed by atoms with Crippen molar-refractivity contribution in [1.29, 1.82) is 0 Å². The van der Waals surface area contributed by atoms with Crippen molar-refractivity contribution in [3.05, 3.63) is 72.9 Å². The molecule has 0 aromatic rings. The zero-order valence-electron chi connectivity index (χ0n) is 39.3. The molecular formula is C54H95NO5. The maximum atomic E-state index is 13.1. The van der Waals surface area contributed by atoms with Gasteiger partial charge in [0.2, 0.25) is 5.91 Å². The molecule has 0 fully saturated rings.